The lowest BCUT2D eigenvalue weighted by atomic mass is 10.0. The van der Waals surface area contributed by atoms with Gasteiger partial charge in [0.1, 0.15) is 17.7 Å². The van der Waals surface area contributed by atoms with Crippen LogP contribution in [0.4, 0.5) is 4.39 Å². The van der Waals surface area contributed by atoms with E-state index in [0.717, 1.165) is 0 Å². The lowest BCUT2D eigenvalue weighted by Gasteiger charge is -2.35. The van der Waals surface area contributed by atoms with Gasteiger partial charge in [-0.2, -0.15) is 0 Å². The van der Waals surface area contributed by atoms with Crippen molar-refractivity contribution in [1.82, 2.24) is 10.2 Å². The van der Waals surface area contributed by atoms with Crippen molar-refractivity contribution in [3.05, 3.63) is 58.6 Å². The minimum absolute atomic E-state index is 0.105. The molecule has 160 valence electrons. The van der Waals surface area contributed by atoms with Crippen molar-refractivity contribution in [2.45, 2.75) is 18.6 Å². The molecule has 0 radical (unpaired) electrons. The highest BCUT2D eigenvalue weighted by Crippen LogP contribution is 2.18. The third-order valence-electron chi connectivity index (χ3n) is 4.60. The molecule has 0 saturated carbocycles. The maximum atomic E-state index is 14.5. The van der Waals surface area contributed by atoms with E-state index in [2.05, 4.69) is 5.32 Å². The quantitative estimate of drug-likeness (QED) is 0.694. The fourth-order valence-electron chi connectivity index (χ4n) is 2.99. The number of piperidine rings is 1. The van der Waals surface area contributed by atoms with Gasteiger partial charge in [0.05, 0.1) is 12.6 Å². The van der Waals surface area contributed by atoms with Gasteiger partial charge in [0.15, 0.2) is 13.2 Å². The van der Waals surface area contributed by atoms with Gasteiger partial charge in [0, 0.05) is 16.6 Å². The van der Waals surface area contributed by atoms with E-state index in [-0.39, 0.29) is 25.7 Å². The smallest absolute Gasteiger partial charge is 0.260 e. The molecule has 2 aromatic carbocycles. The van der Waals surface area contributed by atoms with Crippen LogP contribution in [-0.4, -0.2) is 55.2 Å². The first-order chi connectivity index (χ1) is 14.4. The summed E-state index contributed by atoms with van der Waals surface area (Å²) in [4.78, 5) is 25.7. The number of alkyl halides is 1. The van der Waals surface area contributed by atoms with Gasteiger partial charge in [-0.15, -0.1) is 0 Å². The Kier molecular flexibility index (Phi) is 7.76. The molecule has 0 aliphatic carbocycles. The Morgan fingerprint density at radius 2 is 1.50 bits per heavy atom. The van der Waals surface area contributed by atoms with Gasteiger partial charge in [-0.3, -0.25) is 9.59 Å². The number of nitrogens with zero attached hydrogens (tertiary/aromatic N) is 1. The van der Waals surface area contributed by atoms with E-state index < -0.39 is 18.1 Å². The largest absolute Gasteiger partial charge is 0.484 e. The molecule has 0 aromatic heterocycles. The molecule has 3 rings (SSSR count). The number of likely N-dealkylation sites (tertiary alicyclic amines) is 1. The minimum atomic E-state index is -1.38. The molecule has 6 nitrogen and oxygen atoms in total. The number of halogens is 3. The summed E-state index contributed by atoms with van der Waals surface area (Å²) >= 11 is 11.6. The molecule has 2 unspecified atom stereocenters. The van der Waals surface area contributed by atoms with Gasteiger partial charge in [0.2, 0.25) is 0 Å². The Hall–Kier alpha value is -2.51. The van der Waals surface area contributed by atoms with Crippen molar-refractivity contribution in [3.63, 3.8) is 0 Å². The van der Waals surface area contributed by atoms with Crippen LogP contribution < -0.4 is 14.8 Å². The van der Waals surface area contributed by atoms with Crippen molar-refractivity contribution in [3.8, 4) is 11.5 Å². The lowest BCUT2D eigenvalue weighted by molar-refractivity contribution is -0.136. The van der Waals surface area contributed by atoms with Crippen molar-refractivity contribution < 1.29 is 23.5 Å². The van der Waals surface area contributed by atoms with Crippen LogP contribution in [-0.2, 0) is 9.59 Å². The predicted octanol–water partition coefficient (Wildman–Crippen LogP) is 3.51. The van der Waals surface area contributed by atoms with Crippen LogP contribution in [0.25, 0.3) is 0 Å². The SMILES string of the molecule is O=C(COc1ccc(Cl)cc1)NC1CCN(C(=O)COc2ccc(Cl)cc2)CC1F. The van der Waals surface area contributed by atoms with Gasteiger partial charge in [-0.25, -0.2) is 4.39 Å². The Balaban J connectivity index is 1.40. The highest BCUT2D eigenvalue weighted by molar-refractivity contribution is 6.30. The van der Waals surface area contributed by atoms with Gasteiger partial charge in [-0.1, -0.05) is 23.2 Å². The molecular weight excluding hydrogens is 434 g/mol. The molecule has 9 heteroatoms. The Morgan fingerprint density at radius 3 is 2.03 bits per heavy atom. The molecule has 0 bridgehead atoms. The minimum Gasteiger partial charge on any atom is -0.484 e. The van der Waals surface area contributed by atoms with E-state index in [1.165, 1.54) is 4.90 Å². The Labute approximate surface area is 183 Å². The monoisotopic (exact) mass is 454 g/mol. The summed E-state index contributed by atoms with van der Waals surface area (Å²) in [6, 6.07) is 12.5. The van der Waals surface area contributed by atoms with E-state index in [4.69, 9.17) is 32.7 Å². The summed E-state index contributed by atoms with van der Waals surface area (Å²) in [5, 5.41) is 3.75. The van der Waals surface area contributed by atoms with Gasteiger partial charge < -0.3 is 19.7 Å². The number of rotatable bonds is 7. The normalized spacial score (nSPS) is 18.6. The zero-order valence-electron chi connectivity index (χ0n) is 16.0. The summed E-state index contributed by atoms with van der Waals surface area (Å²) in [5.41, 5.74) is 0. The number of carbonyl (C=O) groups excluding carboxylic acids is 2. The summed E-state index contributed by atoms with van der Waals surface area (Å²) in [6.45, 7) is -0.208. The summed E-state index contributed by atoms with van der Waals surface area (Å²) in [7, 11) is 0. The molecule has 1 aliphatic rings. The molecular formula is C21H21Cl2FN2O4. The Morgan fingerprint density at radius 1 is 0.967 bits per heavy atom. The van der Waals surface area contributed by atoms with Crippen LogP contribution in [0.1, 0.15) is 6.42 Å². The topological polar surface area (TPSA) is 67.9 Å². The molecule has 1 N–H and O–H groups in total. The fourth-order valence-corrected chi connectivity index (χ4v) is 3.24. The standard InChI is InChI=1S/C21H21Cl2FN2O4/c22-14-1-5-16(6-2-14)29-12-20(27)25-19-9-10-26(11-18(19)24)21(28)13-30-17-7-3-15(23)4-8-17/h1-8,18-19H,9-13H2,(H,25,27). The number of hydrogen-bond donors (Lipinski definition) is 1. The molecule has 2 aromatic rings. The van der Waals surface area contributed by atoms with Gasteiger partial charge in [0.25, 0.3) is 11.8 Å². The van der Waals surface area contributed by atoms with Gasteiger partial charge >= 0.3 is 0 Å². The first-order valence-electron chi connectivity index (χ1n) is 9.38. The number of amides is 2. The van der Waals surface area contributed by atoms with E-state index in [9.17, 15) is 14.0 Å². The third-order valence-corrected chi connectivity index (χ3v) is 5.10. The molecule has 1 heterocycles. The molecule has 1 fully saturated rings. The highest BCUT2D eigenvalue weighted by Gasteiger charge is 2.32. The first kappa shape index (κ1) is 22.2. The summed E-state index contributed by atoms with van der Waals surface area (Å²) < 4.78 is 25.3. The van der Waals surface area contributed by atoms with Crippen molar-refractivity contribution in [2.75, 3.05) is 26.3 Å². The zero-order valence-corrected chi connectivity index (χ0v) is 17.5. The number of carbonyl (C=O) groups is 2. The van der Waals surface area contributed by atoms with Crippen molar-refractivity contribution in [1.29, 1.82) is 0 Å². The van der Waals surface area contributed by atoms with Gasteiger partial charge in [-0.05, 0) is 55.0 Å². The number of ether oxygens (including phenoxy) is 2. The molecule has 1 saturated heterocycles. The summed E-state index contributed by atoms with van der Waals surface area (Å²) in [6.07, 6.45) is -1.07. The van der Waals surface area contributed by atoms with E-state index in [0.29, 0.717) is 34.5 Å². The molecule has 0 spiro atoms. The zero-order chi connectivity index (χ0) is 21.5. The fraction of sp³-hybridized carbons (Fsp3) is 0.333. The molecule has 2 atom stereocenters. The maximum Gasteiger partial charge on any atom is 0.260 e. The van der Waals surface area contributed by atoms with Crippen LogP contribution in [0.5, 0.6) is 11.5 Å². The van der Waals surface area contributed by atoms with E-state index >= 15 is 0 Å². The molecule has 30 heavy (non-hydrogen) atoms. The first-order valence-corrected chi connectivity index (χ1v) is 10.1. The Bertz CT molecular complexity index is 864. The molecule has 1 aliphatic heterocycles. The predicted molar refractivity (Wildman–Crippen MR) is 112 cm³/mol. The number of hydrogen-bond acceptors (Lipinski definition) is 4. The van der Waals surface area contributed by atoms with E-state index in [1.807, 2.05) is 0 Å². The van der Waals surface area contributed by atoms with Crippen molar-refractivity contribution >= 4 is 35.0 Å². The van der Waals surface area contributed by atoms with Crippen LogP contribution in [0, 0.1) is 0 Å². The third kappa shape index (κ3) is 6.50. The average Bonchev–Trinajstić information content (AvgIpc) is 2.74. The average molecular weight is 455 g/mol. The second kappa shape index (κ2) is 10.5. The highest BCUT2D eigenvalue weighted by atomic mass is 35.5. The second-order valence-corrected chi connectivity index (χ2v) is 7.68. The van der Waals surface area contributed by atoms with Crippen LogP contribution in [0.3, 0.4) is 0 Å². The van der Waals surface area contributed by atoms with Crippen LogP contribution >= 0.6 is 23.2 Å². The number of nitrogens with one attached hydrogen (secondary N) is 1. The molecule has 2 amide bonds. The van der Waals surface area contributed by atoms with E-state index in [1.54, 1.807) is 48.5 Å². The maximum absolute atomic E-state index is 14.5. The lowest BCUT2D eigenvalue weighted by Crippen LogP contribution is -2.55. The summed E-state index contributed by atoms with van der Waals surface area (Å²) in [5.74, 6) is 0.256. The van der Waals surface area contributed by atoms with Crippen LogP contribution in [0.15, 0.2) is 48.5 Å². The number of benzene rings is 2. The van der Waals surface area contributed by atoms with Crippen LogP contribution in [0.2, 0.25) is 10.0 Å². The second-order valence-electron chi connectivity index (χ2n) is 6.80. The van der Waals surface area contributed by atoms with Crippen molar-refractivity contribution in [2.24, 2.45) is 0 Å².